The van der Waals surface area contributed by atoms with Crippen LogP contribution in [0.3, 0.4) is 0 Å². The van der Waals surface area contributed by atoms with Gasteiger partial charge in [-0.05, 0) is 29.5 Å². The molecular weight excluding hydrogens is 324 g/mol. The fraction of sp³-hybridized carbons (Fsp3) is 0.500. The Morgan fingerprint density at radius 1 is 1.12 bits per heavy atom. The standard InChI is InChI=1S/C22H32N2O2/c1-22(2,3)16-21(25)24(14-9-15-26-4)18-20-12-8-13-23(20)17-19-10-6-5-7-11-19/h5-8,10-13H,9,14-18H2,1-4H3. The molecule has 2 rings (SSSR count). The molecule has 4 nitrogen and oxygen atoms in total. The van der Waals surface area contributed by atoms with Crippen molar-refractivity contribution in [3.8, 4) is 0 Å². The topological polar surface area (TPSA) is 34.5 Å². The summed E-state index contributed by atoms with van der Waals surface area (Å²) in [6.07, 6.45) is 3.50. The highest BCUT2D eigenvalue weighted by Gasteiger charge is 2.22. The Hall–Kier alpha value is -2.07. The summed E-state index contributed by atoms with van der Waals surface area (Å²) in [7, 11) is 1.70. The molecule has 0 bridgehead atoms. The van der Waals surface area contributed by atoms with Gasteiger partial charge in [0.2, 0.25) is 5.91 Å². The lowest BCUT2D eigenvalue weighted by atomic mass is 9.91. The first-order valence-corrected chi connectivity index (χ1v) is 9.34. The van der Waals surface area contributed by atoms with E-state index in [1.165, 1.54) is 5.56 Å². The van der Waals surface area contributed by atoms with Gasteiger partial charge in [-0.2, -0.15) is 0 Å². The minimum absolute atomic E-state index is 0.0113. The largest absolute Gasteiger partial charge is 0.385 e. The van der Waals surface area contributed by atoms with Gasteiger partial charge in [0.1, 0.15) is 0 Å². The SMILES string of the molecule is COCCCN(Cc1cccn1Cc1ccccc1)C(=O)CC(C)(C)C. The zero-order valence-corrected chi connectivity index (χ0v) is 16.6. The number of nitrogens with zero attached hydrogens (tertiary/aromatic N) is 2. The van der Waals surface area contributed by atoms with Crippen molar-refractivity contribution in [3.63, 3.8) is 0 Å². The van der Waals surface area contributed by atoms with E-state index in [1.54, 1.807) is 7.11 Å². The summed E-state index contributed by atoms with van der Waals surface area (Å²) in [5.74, 6) is 0.209. The van der Waals surface area contributed by atoms with E-state index < -0.39 is 0 Å². The lowest BCUT2D eigenvalue weighted by Crippen LogP contribution is -2.35. The van der Waals surface area contributed by atoms with Gasteiger partial charge in [0, 0.05) is 45.1 Å². The van der Waals surface area contributed by atoms with E-state index in [9.17, 15) is 4.79 Å². The molecule has 0 N–H and O–H groups in total. The molecule has 1 aromatic heterocycles. The van der Waals surface area contributed by atoms with Crippen LogP contribution in [0.1, 0.15) is 44.9 Å². The van der Waals surface area contributed by atoms with E-state index in [2.05, 4.69) is 67.9 Å². The third-order valence-corrected chi connectivity index (χ3v) is 4.28. The molecule has 0 radical (unpaired) electrons. The van der Waals surface area contributed by atoms with Gasteiger partial charge < -0.3 is 14.2 Å². The normalized spacial score (nSPS) is 11.5. The van der Waals surface area contributed by atoms with E-state index >= 15 is 0 Å². The Morgan fingerprint density at radius 3 is 2.50 bits per heavy atom. The van der Waals surface area contributed by atoms with Gasteiger partial charge in [0.15, 0.2) is 0 Å². The van der Waals surface area contributed by atoms with Crippen LogP contribution in [0.2, 0.25) is 0 Å². The summed E-state index contributed by atoms with van der Waals surface area (Å²) in [6.45, 7) is 9.17. The predicted molar refractivity (Wildman–Crippen MR) is 106 cm³/mol. The van der Waals surface area contributed by atoms with E-state index in [4.69, 9.17) is 4.74 Å². The first-order valence-electron chi connectivity index (χ1n) is 9.34. The fourth-order valence-corrected chi connectivity index (χ4v) is 2.98. The molecule has 0 aliphatic rings. The zero-order chi connectivity index (χ0) is 19.0. The Labute approximate surface area is 157 Å². The van der Waals surface area contributed by atoms with Gasteiger partial charge in [-0.15, -0.1) is 0 Å². The Bertz CT molecular complexity index is 671. The molecule has 0 aliphatic carbocycles. The first kappa shape index (κ1) is 20.2. The predicted octanol–water partition coefficient (Wildman–Crippen LogP) is 4.34. The van der Waals surface area contributed by atoms with Gasteiger partial charge in [0.05, 0.1) is 6.54 Å². The van der Waals surface area contributed by atoms with Crippen molar-refractivity contribution in [1.82, 2.24) is 9.47 Å². The maximum atomic E-state index is 12.8. The lowest BCUT2D eigenvalue weighted by molar-refractivity contribution is -0.134. The second-order valence-corrected chi connectivity index (χ2v) is 8.01. The number of carbonyl (C=O) groups excluding carboxylic acids is 1. The Morgan fingerprint density at radius 2 is 1.85 bits per heavy atom. The summed E-state index contributed by atoms with van der Waals surface area (Å²) in [5, 5.41) is 0. The number of rotatable bonds is 9. The second-order valence-electron chi connectivity index (χ2n) is 8.01. The molecule has 0 fully saturated rings. The van der Waals surface area contributed by atoms with Crippen LogP contribution in [0.5, 0.6) is 0 Å². The van der Waals surface area contributed by atoms with Crippen LogP contribution in [0.15, 0.2) is 48.7 Å². The number of aromatic nitrogens is 1. The Kier molecular flexibility index (Phi) is 7.46. The maximum absolute atomic E-state index is 12.8. The Balaban J connectivity index is 2.09. The zero-order valence-electron chi connectivity index (χ0n) is 16.6. The van der Waals surface area contributed by atoms with Gasteiger partial charge in [-0.3, -0.25) is 4.79 Å². The highest BCUT2D eigenvalue weighted by molar-refractivity contribution is 5.76. The molecule has 26 heavy (non-hydrogen) atoms. The van der Waals surface area contributed by atoms with Crippen LogP contribution >= 0.6 is 0 Å². The molecule has 142 valence electrons. The van der Waals surface area contributed by atoms with Crippen molar-refractivity contribution in [3.05, 3.63) is 59.9 Å². The molecule has 0 spiro atoms. The fourth-order valence-electron chi connectivity index (χ4n) is 2.98. The average Bonchev–Trinajstić information content (AvgIpc) is 3.00. The van der Waals surface area contributed by atoms with E-state index in [0.717, 1.165) is 25.2 Å². The van der Waals surface area contributed by atoms with E-state index in [1.807, 2.05) is 11.0 Å². The van der Waals surface area contributed by atoms with Crippen LogP contribution < -0.4 is 0 Å². The molecule has 0 unspecified atom stereocenters. The quantitative estimate of drug-likeness (QED) is 0.627. The van der Waals surface area contributed by atoms with Crippen molar-refractivity contribution < 1.29 is 9.53 Å². The molecule has 2 aromatic rings. The molecule has 1 aromatic carbocycles. The molecule has 1 heterocycles. The number of amides is 1. The highest BCUT2D eigenvalue weighted by atomic mass is 16.5. The van der Waals surface area contributed by atoms with Crippen LogP contribution in [-0.4, -0.2) is 35.6 Å². The summed E-state index contributed by atoms with van der Waals surface area (Å²) >= 11 is 0. The van der Waals surface area contributed by atoms with Gasteiger partial charge >= 0.3 is 0 Å². The molecule has 4 heteroatoms. The molecule has 0 atom stereocenters. The van der Waals surface area contributed by atoms with Gasteiger partial charge in [-0.1, -0.05) is 51.1 Å². The summed E-state index contributed by atoms with van der Waals surface area (Å²) in [4.78, 5) is 14.8. The molecule has 1 amide bonds. The minimum Gasteiger partial charge on any atom is -0.385 e. The smallest absolute Gasteiger partial charge is 0.223 e. The number of carbonyl (C=O) groups is 1. The number of methoxy groups -OCH3 is 1. The molecule has 0 aliphatic heterocycles. The monoisotopic (exact) mass is 356 g/mol. The number of benzene rings is 1. The molecular formula is C22H32N2O2. The van der Waals surface area contributed by atoms with Gasteiger partial charge in [-0.25, -0.2) is 0 Å². The van der Waals surface area contributed by atoms with Crippen molar-refractivity contribution in [2.24, 2.45) is 5.41 Å². The lowest BCUT2D eigenvalue weighted by Gasteiger charge is -2.27. The number of ether oxygens (including phenoxy) is 1. The van der Waals surface area contributed by atoms with Gasteiger partial charge in [0.25, 0.3) is 0 Å². The van der Waals surface area contributed by atoms with Crippen molar-refractivity contribution in [2.75, 3.05) is 20.3 Å². The van der Waals surface area contributed by atoms with Crippen LogP contribution in [-0.2, 0) is 22.6 Å². The number of hydrogen-bond donors (Lipinski definition) is 0. The van der Waals surface area contributed by atoms with E-state index in [0.29, 0.717) is 19.6 Å². The minimum atomic E-state index is -0.0113. The average molecular weight is 357 g/mol. The number of hydrogen-bond acceptors (Lipinski definition) is 2. The first-order chi connectivity index (χ1) is 12.4. The third-order valence-electron chi connectivity index (χ3n) is 4.28. The van der Waals surface area contributed by atoms with Crippen LogP contribution in [0, 0.1) is 5.41 Å². The third kappa shape index (κ3) is 6.68. The van der Waals surface area contributed by atoms with E-state index in [-0.39, 0.29) is 11.3 Å². The summed E-state index contributed by atoms with van der Waals surface area (Å²) in [5.41, 5.74) is 2.41. The molecule has 0 saturated carbocycles. The summed E-state index contributed by atoms with van der Waals surface area (Å²) < 4.78 is 7.39. The summed E-state index contributed by atoms with van der Waals surface area (Å²) in [6, 6.07) is 14.6. The van der Waals surface area contributed by atoms with Crippen molar-refractivity contribution in [2.45, 2.75) is 46.7 Å². The van der Waals surface area contributed by atoms with Crippen molar-refractivity contribution in [1.29, 1.82) is 0 Å². The second kappa shape index (κ2) is 9.58. The van der Waals surface area contributed by atoms with Crippen LogP contribution in [0.4, 0.5) is 0 Å². The van der Waals surface area contributed by atoms with Crippen LogP contribution in [0.25, 0.3) is 0 Å². The highest BCUT2D eigenvalue weighted by Crippen LogP contribution is 2.21. The maximum Gasteiger partial charge on any atom is 0.223 e. The molecule has 0 saturated heterocycles. The van der Waals surface area contributed by atoms with Crippen molar-refractivity contribution >= 4 is 5.91 Å².